The molecule has 9 aromatic carbocycles. The number of H-pyrrole nitrogens is 5. The Balaban J connectivity index is 0.000000127. The zero-order valence-corrected chi connectivity index (χ0v) is 79.4. The first-order valence-corrected chi connectivity index (χ1v) is 46.7. The Kier molecular flexibility index (Phi) is 29.9. The van der Waals surface area contributed by atoms with Crippen LogP contribution in [-0.2, 0) is 24.0 Å². The number of nitrogens with one attached hydrogen (secondary N) is 12. The molecule has 5 amide bonds. The van der Waals surface area contributed by atoms with Crippen LogP contribution in [0.1, 0.15) is 120 Å². The molecular formula is C106H105F9N20O5S. The van der Waals surface area contributed by atoms with Crippen LogP contribution in [0.3, 0.4) is 0 Å². The molecule has 0 unspecified atom stereocenters. The molecule has 6 heterocycles. The molecule has 5 saturated carbocycles. The number of hydrogen-bond acceptors (Lipinski definition) is 16. The summed E-state index contributed by atoms with van der Waals surface area (Å²) < 4.78 is 126. The predicted molar refractivity (Wildman–Crippen MR) is 540 cm³/mol. The minimum absolute atomic E-state index is 0.117. The SMILES string of the molecule is CN(C)CC1(C(=O)Nc2cc3c(/C=C/c4cccc(F)c4)n[nH]c3cc2F)CC1.CN(C)CC1(C(=O)Nc2cc3c(/C=C/c4ccccc4F)n[nH]c3cc2F)CC1.CN(C)CC1(C(=O)Nc2cc3c(/C=C/c4cccs4)n[nH]c3cc2F)CC1.CNCC1(C(=O)Nc2cc3c(/C=C/c4ccc(F)cc4)n[nH]c3cc2F)CC1.CNCC1(C(=O)Nc2cc3c(/C=C/c4cccc(F)c4)n[nH]c3cc2F)CC1. The number of carbonyl (C=O) groups is 5. The van der Waals surface area contributed by atoms with E-state index in [1.165, 1.54) is 72.8 Å². The molecule has 141 heavy (non-hydrogen) atoms. The molecule has 35 heteroatoms. The fourth-order valence-corrected chi connectivity index (χ4v) is 17.5. The van der Waals surface area contributed by atoms with Gasteiger partial charge in [-0.25, -0.2) is 39.5 Å². The van der Waals surface area contributed by atoms with Gasteiger partial charge in [0.1, 0.15) is 52.4 Å². The molecule has 5 fully saturated rings. The van der Waals surface area contributed by atoms with E-state index in [0.717, 1.165) is 80.0 Å². The predicted octanol–water partition coefficient (Wildman–Crippen LogP) is 20.7. The third-order valence-corrected chi connectivity index (χ3v) is 26.2. The zero-order chi connectivity index (χ0) is 99.7. The maximum atomic E-state index is 14.5. The number of halogens is 9. The molecule has 6 aromatic heterocycles. The van der Waals surface area contributed by atoms with E-state index in [-0.39, 0.29) is 81.2 Å². The number of benzene rings is 9. The summed E-state index contributed by atoms with van der Waals surface area (Å²) in [5.41, 5.74) is 6.83. The van der Waals surface area contributed by atoms with E-state index in [2.05, 4.69) is 88.2 Å². The first kappa shape index (κ1) is 99.3. The number of amides is 5. The first-order chi connectivity index (χ1) is 67.7. The van der Waals surface area contributed by atoms with Crippen LogP contribution in [0.25, 0.3) is 115 Å². The van der Waals surface area contributed by atoms with Crippen molar-refractivity contribution >= 4 is 185 Å². The minimum Gasteiger partial charge on any atom is -0.323 e. The summed E-state index contributed by atoms with van der Waals surface area (Å²) in [6, 6.07) is 43.5. The van der Waals surface area contributed by atoms with Crippen molar-refractivity contribution in [3.8, 4) is 0 Å². The Bertz CT molecular complexity index is 7320. The van der Waals surface area contributed by atoms with Gasteiger partial charge in [0.05, 0.1) is 112 Å². The number of thiophene rings is 1. The summed E-state index contributed by atoms with van der Waals surface area (Å²) in [6.45, 7) is 3.07. The lowest BCUT2D eigenvalue weighted by Gasteiger charge is -2.19. The van der Waals surface area contributed by atoms with E-state index >= 15 is 0 Å². The van der Waals surface area contributed by atoms with Crippen LogP contribution in [0, 0.1) is 79.4 Å². The molecule has 12 N–H and O–H groups in total. The van der Waals surface area contributed by atoms with Crippen molar-refractivity contribution in [1.29, 1.82) is 0 Å². The highest BCUT2D eigenvalue weighted by molar-refractivity contribution is 7.10. The number of anilines is 5. The van der Waals surface area contributed by atoms with Gasteiger partial charge in [-0.1, -0.05) is 78.9 Å². The van der Waals surface area contributed by atoms with E-state index in [1.807, 2.05) is 86.7 Å². The molecule has 5 aliphatic carbocycles. The van der Waals surface area contributed by atoms with Gasteiger partial charge in [-0.3, -0.25) is 49.5 Å². The third-order valence-electron chi connectivity index (χ3n) is 25.3. The molecule has 728 valence electrons. The highest BCUT2D eigenvalue weighted by atomic mass is 32.1. The minimum atomic E-state index is -0.528. The number of hydrogen-bond donors (Lipinski definition) is 12. The molecule has 0 saturated heterocycles. The van der Waals surface area contributed by atoms with Crippen LogP contribution in [-0.4, -0.2) is 184 Å². The second kappa shape index (κ2) is 42.5. The van der Waals surface area contributed by atoms with E-state index in [0.29, 0.717) is 127 Å². The summed E-state index contributed by atoms with van der Waals surface area (Å²) in [7, 11) is 15.1. The van der Waals surface area contributed by atoms with Crippen molar-refractivity contribution in [1.82, 2.24) is 76.3 Å². The smallest absolute Gasteiger partial charge is 0.231 e. The molecule has 0 radical (unpaired) electrons. The Morgan fingerprint density at radius 1 is 0.312 bits per heavy atom. The second-order valence-electron chi connectivity index (χ2n) is 37.2. The van der Waals surface area contributed by atoms with Crippen molar-refractivity contribution in [3.63, 3.8) is 0 Å². The molecule has 20 rings (SSSR count). The monoisotopic (exact) mass is 1940 g/mol. The van der Waals surface area contributed by atoms with Crippen molar-refractivity contribution in [3.05, 3.63) is 283 Å². The lowest BCUT2D eigenvalue weighted by atomic mass is 10.1. The molecule has 15 aromatic rings. The highest BCUT2D eigenvalue weighted by Gasteiger charge is 2.53. The van der Waals surface area contributed by atoms with Crippen molar-refractivity contribution in [2.24, 2.45) is 27.1 Å². The van der Waals surface area contributed by atoms with E-state index in [1.54, 1.807) is 159 Å². The average Bonchev–Trinajstić information content (AvgIpc) is 1.63. The molecule has 0 atom stereocenters. The number of aromatic nitrogens is 10. The summed E-state index contributed by atoms with van der Waals surface area (Å²) in [4.78, 5) is 70.2. The maximum Gasteiger partial charge on any atom is 0.231 e. The molecule has 25 nitrogen and oxygen atoms in total. The summed E-state index contributed by atoms with van der Waals surface area (Å²) in [6.07, 6.45) is 25.6. The molecule has 0 bridgehead atoms. The van der Waals surface area contributed by atoms with Gasteiger partial charge in [-0.15, -0.1) is 11.3 Å². The Labute approximate surface area is 810 Å². The summed E-state index contributed by atoms with van der Waals surface area (Å²) in [5, 5.41) is 60.3. The Morgan fingerprint density at radius 3 is 0.894 bits per heavy atom. The van der Waals surface area contributed by atoms with Gasteiger partial charge < -0.3 is 51.9 Å². The molecule has 5 aliphatic rings. The fourth-order valence-electron chi connectivity index (χ4n) is 16.9. The largest absolute Gasteiger partial charge is 0.323 e. The summed E-state index contributed by atoms with van der Waals surface area (Å²) in [5.74, 6) is -4.63. The summed E-state index contributed by atoms with van der Waals surface area (Å²) >= 11 is 1.63. The van der Waals surface area contributed by atoms with Crippen LogP contribution >= 0.6 is 11.3 Å². The number of aromatic amines is 5. The zero-order valence-electron chi connectivity index (χ0n) is 78.6. The van der Waals surface area contributed by atoms with Crippen LogP contribution < -0.4 is 37.2 Å². The van der Waals surface area contributed by atoms with Crippen molar-refractivity contribution in [2.45, 2.75) is 64.2 Å². The van der Waals surface area contributed by atoms with Gasteiger partial charge >= 0.3 is 0 Å². The molecule has 0 aliphatic heterocycles. The standard InChI is InChI=1S/2C22H22F2N4O.2C21H20F2N4O.C20H21FN4OS/c1-28(2)13-22(8-9-22)21(29)25-20-11-16-18(26-27-19(16)12-17(20)24)7-6-14-4-3-5-15(23)10-14;1-28(2)13-22(9-10-22)21(29)25-20-11-15-18(26-27-19(15)12-17(20)24)8-7-14-5-3-4-6-16(14)23;1-24-12-21(8-9-21)20(28)25-19-10-15-17(26-27-18(15)11-16(19)23)7-4-13-2-5-14(22)6-3-13;1-24-12-21(7-8-21)20(28)25-19-10-15-17(26-27-18(15)11-16(19)23)6-5-13-3-2-4-14(22)9-13;1-25(2)12-20(7-8-20)19(26)22-18-10-14-16(6-5-13-4-3-9-27-13)23-24-17(14)11-15(18)21/h3-7,10-12H,8-9,13H2,1-2H3,(H,25,29)(H,26,27);3-8,11-12H,9-10,13H2,1-2H3,(H,25,29)(H,26,27);2-7,10-11,24H,8-9,12H2,1H3,(H,25,28)(H,26,27);2-6,9-11,24H,7-8,12H2,1H3,(H,25,28)(H,26,27);3-6,9-11H,7-8,12H2,1-2H3,(H,22,26)(H,23,24)/b7-6+;8-7+;7-4+;2*6-5+. The van der Waals surface area contributed by atoms with E-state index in [4.69, 9.17) is 0 Å². The first-order valence-electron chi connectivity index (χ1n) is 45.9. The highest BCUT2D eigenvalue weighted by Crippen LogP contribution is 2.51. The van der Waals surface area contributed by atoms with Crippen LogP contribution in [0.4, 0.5) is 68.0 Å². The van der Waals surface area contributed by atoms with Crippen molar-refractivity contribution in [2.75, 3.05) is 116 Å². The van der Waals surface area contributed by atoms with Gasteiger partial charge in [0, 0.05) is 100 Å². The lowest BCUT2D eigenvalue weighted by Crippen LogP contribution is -2.33. The number of nitrogens with zero attached hydrogens (tertiary/aromatic N) is 8. The van der Waals surface area contributed by atoms with E-state index < -0.39 is 56.2 Å². The Morgan fingerprint density at radius 2 is 0.610 bits per heavy atom. The topological polar surface area (TPSA) is 323 Å². The normalized spacial score (nSPS) is 15.4. The molecular weight excluding hydrogens is 1840 g/mol. The van der Waals surface area contributed by atoms with Crippen molar-refractivity contribution < 1.29 is 63.5 Å². The number of rotatable bonds is 30. The van der Waals surface area contributed by atoms with Crippen LogP contribution in [0.5, 0.6) is 0 Å². The van der Waals surface area contributed by atoms with Crippen LogP contribution in [0.15, 0.2) is 175 Å². The molecule has 0 spiro atoms. The van der Waals surface area contributed by atoms with Crippen LogP contribution in [0.2, 0.25) is 0 Å². The van der Waals surface area contributed by atoms with Gasteiger partial charge in [0.2, 0.25) is 29.5 Å². The number of fused-ring (bicyclic) bond motifs is 5. The fraction of sp³-hybridized carbons (Fsp3) is 0.264. The Hall–Kier alpha value is -14.8. The quantitative estimate of drug-likeness (QED) is 0.0186. The lowest BCUT2D eigenvalue weighted by molar-refractivity contribution is -0.122. The van der Waals surface area contributed by atoms with Gasteiger partial charge in [0.15, 0.2) is 0 Å². The van der Waals surface area contributed by atoms with E-state index in [9.17, 15) is 63.5 Å². The number of carbonyl (C=O) groups excluding carboxylic acids is 5. The van der Waals surface area contributed by atoms with Gasteiger partial charge in [0.25, 0.3) is 0 Å². The third kappa shape index (κ3) is 24.1. The average molecular weight is 1940 g/mol. The van der Waals surface area contributed by atoms with Gasteiger partial charge in [-0.05, 0) is 264 Å². The second-order valence-corrected chi connectivity index (χ2v) is 38.2. The maximum absolute atomic E-state index is 14.5. The van der Waals surface area contributed by atoms with Gasteiger partial charge in [-0.2, -0.15) is 25.5 Å².